The van der Waals surface area contributed by atoms with Crippen LogP contribution in [-0.4, -0.2) is 67.9 Å². The van der Waals surface area contributed by atoms with Crippen LogP contribution in [0.15, 0.2) is 48.0 Å². The Bertz CT molecular complexity index is 1530. The normalized spacial score (nSPS) is 19.1. The Balaban J connectivity index is 1.46. The summed E-state index contributed by atoms with van der Waals surface area (Å²) in [7, 11) is 0. The number of amides is 3. The summed E-state index contributed by atoms with van der Waals surface area (Å²) >= 11 is 1.48. The maximum Gasteiger partial charge on any atom is 0.255 e. The van der Waals surface area contributed by atoms with Crippen LogP contribution in [0.1, 0.15) is 68.2 Å². The van der Waals surface area contributed by atoms with E-state index in [1.165, 1.54) is 16.2 Å². The van der Waals surface area contributed by atoms with Crippen molar-refractivity contribution < 1.29 is 24.2 Å². The zero-order valence-electron chi connectivity index (χ0n) is 25.6. The maximum absolute atomic E-state index is 14.5. The van der Waals surface area contributed by atoms with Gasteiger partial charge in [-0.3, -0.25) is 19.3 Å². The average molecular weight is 605 g/mol. The van der Waals surface area contributed by atoms with E-state index in [2.05, 4.69) is 10.3 Å². The molecule has 2 aliphatic heterocycles. The summed E-state index contributed by atoms with van der Waals surface area (Å²) in [6.07, 6.45) is 0.229. The molecule has 2 N–H and O–H groups in total. The Morgan fingerprint density at radius 1 is 1.21 bits per heavy atom. The zero-order valence-corrected chi connectivity index (χ0v) is 26.4. The molecule has 0 spiro atoms. The molecule has 10 heteroatoms. The monoisotopic (exact) mass is 604 g/mol. The number of nitrogens with one attached hydrogen (secondary N) is 1. The van der Waals surface area contributed by atoms with E-state index in [1.807, 2.05) is 65.8 Å². The van der Waals surface area contributed by atoms with Crippen molar-refractivity contribution in [2.24, 2.45) is 5.92 Å². The summed E-state index contributed by atoms with van der Waals surface area (Å²) in [5, 5.41) is 14.3. The number of imide groups is 1. The van der Waals surface area contributed by atoms with Crippen LogP contribution in [0.5, 0.6) is 5.75 Å². The SMILES string of the molecule is Cc1ncsc1-c1ccc(CN(C(=O)[C@@H]2C[C@@H](OC(C)(C)C)CN2)C(=O)[C@H](C(C)C)N2Cc3ccccc3C2=O)c(O)c1. The van der Waals surface area contributed by atoms with Gasteiger partial charge in [-0.25, -0.2) is 4.98 Å². The molecule has 3 amide bonds. The molecule has 43 heavy (non-hydrogen) atoms. The predicted octanol–water partition coefficient (Wildman–Crippen LogP) is 4.91. The van der Waals surface area contributed by atoms with Gasteiger partial charge in [0.05, 0.1) is 40.4 Å². The molecule has 3 atom stereocenters. The highest BCUT2D eigenvalue weighted by molar-refractivity contribution is 7.13. The number of nitrogens with zero attached hydrogens (tertiary/aromatic N) is 3. The lowest BCUT2D eigenvalue weighted by Gasteiger charge is -2.35. The lowest BCUT2D eigenvalue weighted by molar-refractivity contribution is -0.151. The summed E-state index contributed by atoms with van der Waals surface area (Å²) < 4.78 is 6.12. The number of carbonyl (C=O) groups is 3. The third-order valence-corrected chi connectivity index (χ3v) is 8.91. The second-order valence-corrected chi connectivity index (χ2v) is 13.6. The molecule has 0 bridgehead atoms. The highest BCUT2D eigenvalue weighted by Gasteiger charge is 2.44. The van der Waals surface area contributed by atoms with E-state index < -0.39 is 23.9 Å². The van der Waals surface area contributed by atoms with E-state index in [9.17, 15) is 19.5 Å². The molecule has 1 saturated heterocycles. The van der Waals surface area contributed by atoms with Crippen molar-refractivity contribution in [1.29, 1.82) is 0 Å². The second kappa shape index (κ2) is 12.2. The molecule has 5 rings (SSSR count). The molecule has 3 aromatic rings. The molecule has 1 aromatic heterocycles. The number of aryl methyl sites for hydroxylation is 1. The number of benzene rings is 2. The number of hydrogen-bond donors (Lipinski definition) is 2. The van der Waals surface area contributed by atoms with Gasteiger partial charge >= 0.3 is 0 Å². The van der Waals surface area contributed by atoms with E-state index in [4.69, 9.17) is 4.74 Å². The summed E-state index contributed by atoms with van der Waals surface area (Å²) in [6.45, 7) is 12.2. The Labute approximate surface area is 256 Å². The summed E-state index contributed by atoms with van der Waals surface area (Å²) in [4.78, 5) is 50.1. The van der Waals surface area contributed by atoms with E-state index in [1.54, 1.807) is 28.6 Å². The lowest BCUT2D eigenvalue weighted by Crippen LogP contribution is -2.55. The molecule has 0 aliphatic carbocycles. The lowest BCUT2D eigenvalue weighted by atomic mass is 9.99. The minimum Gasteiger partial charge on any atom is -0.508 e. The quantitative estimate of drug-likeness (QED) is 0.376. The summed E-state index contributed by atoms with van der Waals surface area (Å²) in [5.74, 6) is -1.37. The van der Waals surface area contributed by atoms with Gasteiger partial charge in [0.15, 0.2) is 0 Å². The van der Waals surface area contributed by atoms with Gasteiger partial charge in [0, 0.05) is 24.2 Å². The number of aromatic nitrogens is 1. The van der Waals surface area contributed by atoms with Gasteiger partial charge in [-0.2, -0.15) is 0 Å². The van der Waals surface area contributed by atoms with Crippen molar-refractivity contribution in [1.82, 2.24) is 20.1 Å². The highest BCUT2D eigenvalue weighted by atomic mass is 32.1. The van der Waals surface area contributed by atoms with Crippen LogP contribution in [0, 0.1) is 12.8 Å². The molecule has 2 aliphatic rings. The van der Waals surface area contributed by atoms with Gasteiger partial charge in [-0.1, -0.05) is 44.2 Å². The minimum absolute atomic E-state index is 0.0185. The number of rotatable bonds is 8. The number of hydrogen-bond acceptors (Lipinski definition) is 8. The van der Waals surface area contributed by atoms with Crippen LogP contribution in [0.3, 0.4) is 0 Å². The number of ether oxygens (including phenoxy) is 1. The first-order valence-electron chi connectivity index (χ1n) is 14.7. The number of phenols is 1. The molecule has 2 aromatic carbocycles. The molecule has 3 heterocycles. The molecule has 9 nitrogen and oxygen atoms in total. The Kier molecular flexibility index (Phi) is 8.74. The number of thiazole rings is 1. The van der Waals surface area contributed by atoms with E-state index in [0.717, 1.165) is 21.7 Å². The van der Waals surface area contributed by atoms with Gasteiger partial charge in [0.25, 0.3) is 11.8 Å². The Morgan fingerprint density at radius 2 is 1.95 bits per heavy atom. The maximum atomic E-state index is 14.5. The third kappa shape index (κ3) is 6.51. The largest absolute Gasteiger partial charge is 0.508 e. The topological polar surface area (TPSA) is 112 Å². The van der Waals surface area contributed by atoms with Crippen molar-refractivity contribution in [2.45, 2.75) is 84.8 Å². The van der Waals surface area contributed by atoms with Gasteiger partial charge in [-0.05, 0) is 63.3 Å². The molecule has 1 fully saturated rings. The van der Waals surface area contributed by atoms with Crippen molar-refractivity contribution in [3.05, 3.63) is 70.4 Å². The van der Waals surface area contributed by atoms with Crippen LogP contribution >= 0.6 is 11.3 Å². The highest BCUT2D eigenvalue weighted by Crippen LogP contribution is 2.33. The molecule has 228 valence electrons. The molecule has 0 unspecified atom stereocenters. The smallest absolute Gasteiger partial charge is 0.255 e. The van der Waals surface area contributed by atoms with Crippen molar-refractivity contribution in [3.63, 3.8) is 0 Å². The first kappa shape index (κ1) is 30.8. The fraction of sp³-hybridized carbons (Fsp3) is 0.455. The summed E-state index contributed by atoms with van der Waals surface area (Å²) in [5.41, 5.74) is 4.92. The van der Waals surface area contributed by atoms with Gasteiger partial charge in [-0.15, -0.1) is 11.3 Å². The van der Waals surface area contributed by atoms with Crippen LogP contribution in [-0.2, 0) is 27.4 Å². The van der Waals surface area contributed by atoms with Gasteiger partial charge in [0.2, 0.25) is 5.91 Å². The third-order valence-electron chi connectivity index (χ3n) is 7.93. The molecule has 0 saturated carbocycles. The molecular weight excluding hydrogens is 564 g/mol. The first-order chi connectivity index (χ1) is 20.3. The van der Waals surface area contributed by atoms with Crippen LogP contribution in [0.4, 0.5) is 0 Å². The standard InChI is InChI=1S/C33H40N4O5S/c1-19(2)28(36-16-22-9-7-8-10-25(22)30(36)39)32(41)37(31(40)26-14-24(15-34-26)42-33(4,5)6)17-23-12-11-21(13-27(23)38)29-20(3)35-18-43-29/h7-13,18-19,24,26,28,34,38H,14-17H2,1-6H3/t24-,26+,28+/m1/s1. The Hall–Kier alpha value is -3.60. The predicted molar refractivity (Wildman–Crippen MR) is 165 cm³/mol. The number of phenolic OH excluding ortho intramolecular Hbond substituents is 1. The van der Waals surface area contributed by atoms with E-state index in [-0.39, 0.29) is 35.8 Å². The van der Waals surface area contributed by atoms with Crippen molar-refractivity contribution in [2.75, 3.05) is 6.54 Å². The molecular formula is C33H40N4O5S. The van der Waals surface area contributed by atoms with Crippen LogP contribution < -0.4 is 5.32 Å². The van der Waals surface area contributed by atoms with E-state index in [0.29, 0.717) is 30.6 Å². The number of carbonyl (C=O) groups excluding carboxylic acids is 3. The van der Waals surface area contributed by atoms with Crippen LogP contribution in [0.2, 0.25) is 0 Å². The van der Waals surface area contributed by atoms with Gasteiger partial charge in [0.1, 0.15) is 11.8 Å². The van der Waals surface area contributed by atoms with Gasteiger partial charge < -0.3 is 20.1 Å². The average Bonchev–Trinajstić information content (AvgIpc) is 3.66. The van der Waals surface area contributed by atoms with Crippen molar-refractivity contribution >= 4 is 29.1 Å². The minimum atomic E-state index is -0.867. The fourth-order valence-corrected chi connectivity index (χ4v) is 6.76. The first-order valence-corrected chi connectivity index (χ1v) is 15.6. The van der Waals surface area contributed by atoms with Crippen molar-refractivity contribution in [3.8, 4) is 16.2 Å². The zero-order chi connectivity index (χ0) is 31.1. The fourth-order valence-electron chi connectivity index (χ4n) is 5.96. The number of aromatic hydroxyl groups is 1. The second-order valence-electron chi connectivity index (χ2n) is 12.7. The van der Waals surface area contributed by atoms with Crippen LogP contribution in [0.25, 0.3) is 10.4 Å². The number of fused-ring (bicyclic) bond motifs is 1. The summed E-state index contributed by atoms with van der Waals surface area (Å²) in [6, 6.07) is 11.1. The Morgan fingerprint density at radius 3 is 2.58 bits per heavy atom. The molecule has 0 radical (unpaired) electrons. The van der Waals surface area contributed by atoms with E-state index >= 15 is 0 Å².